The highest BCUT2D eigenvalue weighted by Gasteiger charge is 2.55. The molecule has 0 heterocycles. The lowest BCUT2D eigenvalue weighted by molar-refractivity contribution is -0.203. The average Bonchev–Trinajstić information content (AvgIpc) is 2.08. The molecule has 4 nitrogen and oxygen atoms in total. The summed E-state index contributed by atoms with van der Waals surface area (Å²) in [6.45, 7) is 5.65. The summed E-state index contributed by atoms with van der Waals surface area (Å²) in [5.41, 5.74) is 1.43. The summed E-state index contributed by atoms with van der Waals surface area (Å²) in [4.78, 5) is 11.1. The van der Waals surface area contributed by atoms with Crippen molar-refractivity contribution in [2.24, 2.45) is 5.73 Å². The highest BCUT2D eigenvalue weighted by molar-refractivity contribution is 5.81. The second-order valence-corrected chi connectivity index (χ2v) is 4.80. The van der Waals surface area contributed by atoms with Crippen LogP contribution in [0.5, 0.6) is 0 Å². The third kappa shape index (κ3) is 5.36. The maximum absolute atomic E-state index is 12.3. The summed E-state index contributed by atoms with van der Waals surface area (Å²) in [5, 5.41) is 0. The zero-order chi connectivity index (χ0) is 13.9. The van der Waals surface area contributed by atoms with Crippen LogP contribution in [0.2, 0.25) is 0 Å². The van der Waals surface area contributed by atoms with Crippen molar-refractivity contribution >= 4 is 5.97 Å². The Morgan fingerprint density at radius 3 is 1.94 bits per heavy atom. The molecule has 102 valence electrons. The molecule has 0 bridgehead atoms. The van der Waals surface area contributed by atoms with E-state index in [1.807, 2.05) is 0 Å². The lowest BCUT2D eigenvalue weighted by Gasteiger charge is -2.25. The van der Waals surface area contributed by atoms with E-state index < -0.39 is 23.3 Å². The zero-order valence-electron chi connectivity index (χ0n) is 10.4. The smallest absolute Gasteiger partial charge is 0.416 e. The van der Waals surface area contributed by atoms with Gasteiger partial charge in [0, 0.05) is 0 Å². The van der Waals surface area contributed by atoms with Crippen molar-refractivity contribution in [3.05, 3.63) is 0 Å². The van der Waals surface area contributed by atoms with Gasteiger partial charge in [-0.05, 0) is 27.7 Å². The minimum Gasteiger partial charge on any atom is -0.462 e. The van der Waals surface area contributed by atoms with Crippen LogP contribution in [0, 0.1) is 0 Å². The quantitative estimate of drug-likeness (QED) is 0.614. The van der Waals surface area contributed by atoms with E-state index in [2.05, 4.69) is 4.74 Å². The minimum absolute atomic E-state index is 0.0170. The molecule has 1 atom stereocenters. The number of ether oxygens (including phenoxy) is 2. The van der Waals surface area contributed by atoms with Gasteiger partial charge in [0.2, 0.25) is 5.54 Å². The third-order valence-electron chi connectivity index (χ3n) is 1.86. The molecular weight excluding hydrogens is 239 g/mol. The summed E-state index contributed by atoms with van der Waals surface area (Å²) < 4.78 is 46.6. The van der Waals surface area contributed by atoms with Crippen LogP contribution in [0.1, 0.15) is 27.7 Å². The Balaban J connectivity index is 4.12. The van der Waals surface area contributed by atoms with Gasteiger partial charge in [0.25, 0.3) is 0 Å². The van der Waals surface area contributed by atoms with Gasteiger partial charge in [-0.3, -0.25) is 0 Å². The molecule has 0 aliphatic rings. The first-order chi connectivity index (χ1) is 7.38. The molecule has 0 aromatic rings. The maximum atomic E-state index is 12.3. The highest BCUT2D eigenvalue weighted by atomic mass is 19.4. The van der Waals surface area contributed by atoms with Gasteiger partial charge in [-0.25, -0.2) is 4.79 Å². The standard InChI is InChI=1S/C10H18F3NO3/c1-8(2,3)17-6-5-16-7(15)9(4,14)10(11,12)13/h5-6,14H2,1-4H3. The molecule has 0 aliphatic carbocycles. The number of esters is 1. The second kappa shape index (κ2) is 5.22. The van der Waals surface area contributed by atoms with Crippen LogP contribution < -0.4 is 5.73 Å². The lowest BCUT2D eigenvalue weighted by atomic mass is 10.0. The average molecular weight is 257 g/mol. The van der Waals surface area contributed by atoms with E-state index in [0.29, 0.717) is 6.92 Å². The fraction of sp³-hybridized carbons (Fsp3) is 0.900. The van der Waals surface area contributed by atoms with Crippen molar-refractivity contribution in [2.45, 2.75) is 45.0 Å². The molecule has 0 fully saturated rings. The van der Waals surface area contributed by atoms with E-state index in [0.717, 1.165) is 0 Å². The first-order valence-corrected chi connectivity index (χ1v) is 5.05. The third-order valence-corrected chi connectivity index (χ3v) is 1.86. The lowest BCUT2D eigenvalue weighted by Crippen LogP contribution is -2.58. The molecule has 1 unspecified atom stereocenters. The summed E-state index contributed by atoms with van der Waals surface area (Å²) in [6, 6.07) is 0. The number of rotatable bonds is 4. The number of halogens is 3. The normalized spacial score (nSPS) is 16.5. The van der Waals surface area contributed by atoms with Crippen LogP contribution in [0.4, 0.5) is 13.2 Å². The molecule has 0 rings (SSSR count). The first kappa shape index (κ1) is 16.2. The molecule has 0 spiro atoms. The summed E-state index contributed by atoms with van der Waals surface area (Å²) in [5.74, 6) is -1.51. The van der Waals surface area contributed by atoms with E-state index in [-0.39, 0.29) is 13.2 Å². The van der Waals surface area contributed by atoms with E-state index in [1.165, 1.54) is 0 Å². The Kier molecular flexibility index (Phi) is 4.97. The molecular formula is C10H18F3NO3. The molecule has 0 saturated heterocycles. The van der Waals surface area contributed by atoms with E-state index in [4.69, 9.17) is 10.5 Å². The predicted octanol–water partition coefficient (Wildman–Crippen LogP) is 1.62. The highest BCUT2D eigenvalue weighted by Crippen LogP contribution is 2.28. The Labute approximate surface area is 98.2 Å². The predicted molar refractivity (Wildman–Crippen MR) is 55.3 cm³/mol. The van der Waals surface area contributed by atoms with Crippen molar-refractivity contribution < 1.29 is 27.4 Å². The Hall–Kier alpha value is -0.820. The maximum Gasteiger partial charge on any atom is 0.416 e. The molecule has 0 amide bonds. The minimum atomic E-state index is -4.84. The van der Waals surface area contributed by atoms with Crippen LogP contribution >= 0.6 is 0 Å². The van der Waals surface area contributed by atoms with Crippen LogP contribution in [0.15, 0.2) is 0 Å². The van der Waals surface area contributed by atoms with Crippen molar-refractivity contribution in [2.75, 3.05) is 13.2 Å². The summed E-state index contributed by atoms with van der Waals surface area (Å²) in [7, 11) is 0. The van der Waals surface area contributed by atoms with Crippen LogP contribution in [-0.2, 0) is 14.3 Å². The molecule has 2 N–H and O–H groups in total. The topological polar surface area (TPSA) is 61.5 Å². The fourth-order valence-corrected chi connectivity index (χ4v) is 0.748. The van der Waals surface area contributed by atoms with Gasteiger partial charge in [0.05, 0.1) is 12.2 Å². The van der Waals surface area contributed by atoms with Gasteiger partial charge in [0.1, 0.15) is 6.61 Å². The van der Waals surface area contributed by atoms with Gasteiger partial charge >= 0.3 is 12.1 Å². The Morgan fingerprint density at radius 2 is 1.59 bits per heavy atom. The van der Waals surface area contributed by atoms with Crippen LogP contribution in [0.25, 0.3) is 0 Å². The molecule has 7 heteroatoms. The zero-order valence-corrected chi connectivity index (χ0v) is 10.4. The van der Waals surface area contributed by atoms with Crippen LogP contribution in [0.3, 0.4) is 0 Å². The van der Waals surface area contributed by atoms with Gasteiger partial charge in [-0.15, -0.1) is 0 Å². The van der Waals surface area contributed by atoms with Crippen molar-refractivity contribution in [3.8, 4) is 0 Å². The van der Waals surface area contributed by atoms with Gasteiger partial charge in [0.15, 0.2) is 0 Å². The van der Waals surface area contributed by atoms with Gasteiger partial charge < -0.3 is 15.2 Å². The monoisotopic (exact) mass is 257 g/mol. The number of carbonyl (C=O) groups excluding carboxylic acids is 1. The van der Waals surface area contributed by atoms with E-state index in [1.54, 1.807) is 20.8 Å². The number of alkyl halides is 3. The Bertz CT molecular complexity index is 269. The number of hydrogen-bond acceptors (Lipinski definition) is 4. The molecule has 17 heavy (non-hydrogen) atoms. The van der Waals surface area contributed by atoms with E-state index in [9.17, 15) is 18.0 Å². The second-order valence-electron chi connectivity index (χ2n) is 4.80. The van der Waals surface area contributed by atoms with Crippen molar-refractivity contribution in [3.63, 3.8) is 0 Å². The first-order valence-electron chi connectivity index (χ1n) is 5.05. The van der Waals surface area contributed by atoms with Gasteiger partial charge in [-0.1, -0.05) is 0 Å². The van der Waals surface area contributed by atoms with Crippen molar-refractivity contribution in [1.29, 1.82) is 0 Å². The number of nitrogens with two attached hydrogens (primary N) is 1. The summed E-state index contributed by atoms with van der Waals surface area (Å²) in [6.07, 6.45) is -4.84. The number of carbonyl (C=O) groups is 1. The van der Waals surface area contributed by atoms with E-state index >= 15 is 0 Å². The SMILES string of the molecule is CC(C)(C)OCCOC(=O)C(C)(N)C(F)(F)F. The molecule has 0 aromatic heterocycles. The molecule has 0 radical (unpaired) electrons. The molecule has 0 aromatic carbocycles. The number of hydrogen-bond donors (Lipinski definition) is 1. The van der Waals surface area contributed by atoms with Crippen molar-refractivity contribution in [1.82, 2.24) is 0 Å². The fourth-order valence-electron chi connectivity index (χ4n) is 0.748. The van der Waals surface area contributed by atoms with Crippen LogP contribution in [-0.4, -0.2) is 36.5 Å². The molecule has 0 aliphatic heterocycles. The molecule has 0 saturated carbocycles. The Morgan fingerprint density at radius 1 is 1.12 bits per heavy atom. The summed E-state index contributed by atoms with van der Waals surface area (Å²) >= 11 is 0. The largest absolute Gasteiger partial charge is 0.462 e. The van der Waals surface area contributed by atoms with Gasteiger partial charge in [-0.2, -0.15) is 13.2 Å².